The van der Waals surface area contributed by atoms with Crippen molar-refractivity contribution in [3.8, 4) is 0 Å². The summed E-state index contributed by atoms with van der Waals surface area (Å²) in [7, 11) is 0. The first-order chi connectivity index (χ1) is 15.8. The maximum absolute atomic E-state index is 12.8. The van der Waals surface area contributed by atoms with Crippen LogP contribution in [0.1, 0.15) is 45.7 Å². The number of nitrogens with zero attached hydrogens (tertiary/aromatic N) is 3. The first-order valence-corrected chi connectivity index (χ1v) is 11.7. The van der Waals surface area contributed by atoms with E-state index in [1.807, 2.05) is 0 Å². The number of H-pyrrole nitrogens is 1. The summed E-state index contributed by atoms with van der Waals surface area (Å²) in [6.45, 7) is 5.58. The van der Waals surface area contributed by atoms with Crippen LogP contribution in [-0.4, -0.2) is 47.2 Å². The highest BCUT2D eigenvalue weighted by atomic mass is 16.1. The number of piperazine rings is 1. The number of carbonyl (C=O) groups is 1. The van der Waals surface area contributed by atoms with Gasteiger partial charge in [0.05, 0.1) is 0 Å². The Hall–Kier alpha value is -3.12. The summed E-state index contributed by atoms with van der Waals surface area (Å²) < 4.78 is 0. The molecule has 0 bridgehead atoms. The molecule has 6 heteroatoms. The number of aryl methyl sites for hydroxylation is 1. The zero-order chi connectivity index (χ0) is 21.8. The van der Waals surface area contributed by atoms with Gasteiger partial charge in [0.15, 0.2) is 5.69 Å². The van der Waals surface area contributed by atoms with Crippen LogP contribution in [0.3, 0.4) is 0 Å². The summed E-state index contributed by atoms with van der Waals surface area (Å²) in [4.78, 5) is 17.8. The van der Waals surface area contributed by atoms with Crippen molar-refractivity contribution in [2.45, 2.75) is 38.8 Å². The predicted octanol–water partition coefficient (Wildman–Crippen LogP) is 3.54. The van der Waals surface area contributed by atoms with E-state index in [1.54, 1.807) is 0 Å². The van der Waals surface area contributed by atoms with E-state index in [4.69, 9.17) is 0 Å². The summed E-state index contributed by atoms with van der Waals surface area (Å²) in [5.74, 6) is -0.0734. The van der Waals surface area contributed by atoms with E-state index in [2.05, 4.69) is 79.9 Å². The number of fused-ring (bicyclic) bond motifs is 1. The van der Waals surface area contributed by atoms with Gasteiger partial charge in [-0.1, -0.05) is 42.5 Å². The number of nitrogens with one attached hydrogen (secondary N) is 2. The zero-order valence-corrected chi connectivity index (χ0v) is 18.5. The largest absolute Gasteiger partial charge is 0.369 e. The molecule has 1 fully saturated rings. The van der Waals surface area contributed by atoms with Crippen molar-refractivity contribution in [1.29, 1.82) is 0 Å². The van der Waals surface area contributed by atoms with Gasteiger partial charge < -0.3 is 10.2 Å². The van der Waals surface area contributed by atoms with Gasteiger partial charge >= 0.3 is 0 Å². The molecule has 2 N–H and O–H groups in total. The van der Waals surface area contributed by atoms with Crippen molar-refractivity contribution in [2.75, 3.05) is 31.1 Å². The standard InChI is InChI=1S/C26H31N5O/c32-26(25-23-12-6-7-13-24(23)28-29-25)27-18-20-8-4-5-9-21(20)19-30-14-16-31(17-15-30)22-10-2-1-3-11-22/h1-5,8-11H,6-7,12-19H2,(H,27,32)(H,28,29). The number of aromatic amines is 1. The van der Waals surface area contributed by atoms with Gasteiger partial charge in [-0.15, -0.1) is 0 Å². The van der Waals surface area contributed by atoms with Gasteiger partial charge in [-0.25, -0.2) is 0 Å². The van der Waals surface area contributed by atoms with Crippen molar-refractivity contribution in [2.24, 2.45) is 0 Å². The van der Waals surface area contributed by atoms with Crippen LogP contribution in [0, 0.1) is 0 Å². The molecule has 1 amide bonds. The topological polar surface area (TPSA) is 64.3 Å². The third kappa shape index (κ3) is 4.55. The Morgan fingerprint density at radius 3 is 2.44 bits per heavy atom. The molecule has 0 saturated carbocycles. The fourth-order valence-corrected chi connectivity index (χ4v) is 4.86. The first-order valence-electron chi connectivity index (χ1n) is 11.7. The lowest BCUT2D eigenvalue weighted by Crippen LogP contribution is -2.46. The maximum Gasteiger partial charge on any atom is 0.272 e. The molecule has 0 spiro atoms. The summed E-state index contributed by atoms with van der Waals surface area (Å²) in [5, 5.41) is 10.5. The number of hydrogen-bond acceptors (Lipinski definition) is 4. The number of amides is 1. The highest BCUT2D eigenvalue weighted by Gasteiger charge is 2.22. The summed E-state index contributed by atoms with van der Waals surface area (Å²) in [6, 6.07) is 19.1. The van der Waals surface area contributed by atoms with E-state index in [0.29, 0.717) is 12.2 Å². The molecule has 3 aromatic rings. The molecule has 0 atom stereocenters. The lowest BCUT2D eigenvalue weighted by atomic mass is 9.96. The Kier molecular flexibility index (Phi) is 6.21. The molecule has 166 valence electrons. The van der Waals surface area contributed by atoms with Crippen LogP contribution in [0.5, 0.6) is 0 Å². The number of benzene rings is 2. The minimum absolute atomic E-state index is 0.0734. The van der Waals surface area contributed by atoms with Crippen molar-refractivity contribution in [3.63, 3.8) is 0 Å². The molecule has 1 aromatic heterocycles. The molecule has 1 aliphatic heterocycles. The van der Waals surface area contributed by atoms with Gasteiger partial charge in [-0.3, -0.25) is 14.8 Å². The third-order valence-electron chi connectivity index (χ3n) is 6.72. The minimum atomic E-state index is -0.0734. The molecular formula is C26H31N5O. The van der Waals surface area contributed by atoms with E-state index in [9.17, 15) is 4.79 Å². The van der Waals surface area contributed by atoms with E-state index >= 15 is 0 Å². The Labute approximate surface area is 189 Å². The Morgan fingerprint density at radius 2 is 1.62 bits per heavy atom. The van der Waals surface area contributed by atoms with Gasteiger partial charge in [-0.05, 0) is 48.9 Å². The van der Waals surface area contributed by atoms with Gasteiger partial charge in [0.1, 0.15) is 0 Å². The molecule has 0 unspecified atom stereocenters. The average molecular weight is 430 g/mol. The van der Waals surface area contributed by atoms with Crippen molar-refractivity contribution in [1.82, 2.24) is 20.4 Å². The van der Waals surface area contributed by atoms with E-state index in [1.165, 1.54) is 23.2 Å². The third-order valence-corrected chi connectivity index (χ3v) is 6.72. The molecule has 0 radical (unpaired) electrons. The van der Waals surface area contributed by atoms with Crippen LogP contribution in [0.15, 0.2) is 54.6 Å². The molecule has 2 aromatic carbocycles. The van der Waals surface area contributed by atoms with E-state index < -0.39 is 0 Å². The SMILES string of the molecule is O=C(NCc1ccccc1CN1CCN(c2ccccc2)CC1)c1n[nH]c2c1CCCC2. The van der Waals surface area contributed by atoms with E-state index in [0.717, 1.165) is 63.2 Å². The molecular weight excluding hydrogens is 398 g/mol. The first kappa shape index (κ1) is 20.8. The number of carbonyl (C=O) groups excluding carboxylic acids is 1. The monoisotopic (exact) mass is 429 g/mol. The van der Waals surface area contributed by atoms with Crippen LogP contribution in [0.2, 0.25) is 0 Å². The van der Waals surface area contributed by atoms with Crippen LogP contribution in [0.25, 0.3) is 0 Å². The summed E-state index contributed by atoms with van der Waals surface area (Å²) in [5.41, 5.74) is 6.58. The number of hydrogen-bond donors (Lipinski definition) is 2. The highest BCUT2D eigenvalue weighted by molar-refractivity contribution is 5.94. The van der Waals surface area contributed by atoms with Gasteiger partial charge in [-0.2, -0.15) is 5.10 Å². The molecule has 1 saturated heterocycles. The number of aromatic nitrogens is 2. The van der Waals surface area contributed by atoms with Gasteiger partial charge in [0.25, 0.3) is 5.91 Å². The summed E-state index contributed by atoms with van der Waals surface area (Å²) >= 11 is 0. The quantitative estimate of drug-likeness (QED) is 0.629. The minimum Gasteiger partial charge on any atom is -0.369 e. The number of anilines is 1. The molecule has 6 nitrogen and oxygen atoms in total. The molecule has 32 heavy (non-hydrogen) atoms. The molecule has 1 aliphatic carbocycles. The average Bonchev–Trinajstić information content (AvgIpc) is 3.29. The zero-order valence-electron chi connectivity index (χ0n) is 18.5. The lowest BCUT2D eigenvalue weighted by molar-refractivity contribution is 0.0944. The highest BCUT2D eigenvalue weighted by Crippen LogP contribution is 2.22. The molecule has 2 aliphatic rings. The fraction of sp³-hybridized carbons (Fsp3) is 0.385. The smallest absolute Gasteiger partial charge is 0.272 e. The number of para-hydroxylation sites is 1. The second-order valence-electron chi connectivity index (χ2n) is 8.79. The Balaban J connectivity index is 1.19. The van der Waals surface area contributed by atoms with Gasteiger partial charge in [0.2, 0.25) is 0 Å². The normalized spacial score (nSPS) is 16.6. The van der Waals surface area contributed by atoms with E-state index in [-0.39, 0.29) is 5.91 Å². The predicted molar refractivity (Wildman–Crippen MR) is 127 cm³/mol. The fourth-order valence-electron chi connectivity index (χ4n) is 4.86. The second kappa shape index (κ2) is 9.57. The van der Waals surface area contributed by atoms with Crippen molar-refractivity contribution >= 4 is 11.6 Å². The summed E-state index contributed by atoms with van der Waals surface area (Å²) in [6.07, 6.45) is 4.24. The Morgan fingerprint density at radius 1 is 0.906 bits per heavy atom. The van der Waals surface area contributed by atoms with Gasteiger partial charge in [0, 0.05) is 56.2 Å². The lowest BCUT2D eigenvalue weighted by Gasteiger charge is -2.36. The Bertz CT molecular complexity index is 1050. The van der Waals surface area contributed by atoms with Crippen LogP contribution in [-0.2, 0) is 25.9 Å². The second-order valence-corrected chi connectivity index (χ2v) is 8.79. The van der Waals surface area contributed by atoms with Crippen molar-refractivity contribution < 1.29 is 4.79 Å². The molecule has 5 rings (SSSR count). The van der Waals surface area contributed by atoms with Crippen LogP contribution < -0.4 is 10.2 Å². The van der Waals surface area contributed by atoms with Crippen molar-refractivity contribution in [3.05, 3.63) is 82.7 Å². The van der Waals surface area contributed by atoms with Crippen LogP contribution >= 0.6 is 0 Å². The molecule has 2 heterocycles. The van der Waals surface area contributed by atoms with Crippen LogP contribution in [0.4, 0.5) is 5.69 Å². The number of rotatable bonds is 6. The maximum atomic E-state index is 12.8.